The fraction of sp³-hybridized carbons (Fsp3) is 0.158. The standard InChI is InChI=1S/C19H19N5O3/c1-2-27-13-16(25)21-22-19(26)17-20-18(14-9-5-3-6-10-14)24(23-17)15-11-7-4-8-12-15/h3-12H,2,13H2,1H3,(H,21,25)(H,22,26). The van der Waals surface area contributed by atoms with Gasteiger partial charge in [0.05, 0.1) is 5.69 Å². The van der Waals surface area contributed by atoms with E-state index in [1.54, 1.807) is 11.6 Å². The fourth-order valence-electron chi connectivity index (χ4n) is 2.34. The van der Waals surface area contributed by atoms with Crippen molar-refractivity contribution in [3.05, 3.63) is 66.5 Å². The number of carbonyl (C=O) groups excluding carboxylic acids is 2. The van der Waals surface area contributed by atoms with Crippen LogP contribution >= 0.6 is 0 Å². The van der Waals surface area contributed by atoms with Gasteiger partial charge in [0, 0.05) is 12.2 Å². The van der Waals surface area contributed by atoms with Crippen LogP contribution in [0.5, 0.6) is 0 Å². The van der Waals surface area contributed by atoms with Gasteiger partial charge in [0.1, 0.15) is 6.61 Å². The molecule has 3 aromatic rings. The van der Waals surface area contributed by atoms with Crippen molar-refractivity contribution in [3.63, 3.8) is 0 Å². The lowest BCUT2D eigenvalue weighted by molar-refractivity contribution is -0.126. The van der Waals surface area contributed by atoms with E-state index in [9.17, 15) is 9.59 Å². The summed E-state index contributed by atoms with van der Waals surface area (Å²) in [6.45, 7) is 2.04. The monoisotopic (exact) mass is 365 g/mol. The molecule has 8 heteroatoms. The molecule has 0 aliphatic carbocycles. The van der Waals surface area contributed by atoms with Gasteiger partial charge in [-0.15, -0.1) is 5.10 Å². The van der Waals surface area contributed by atoms with Crippen molar-refractivity contribution in [1.82, 2.24) is 25.6 Å². The Kier molecular flexibility index (Phi) is 5.91. The molecule has 1 heterocycles. The van der Waals surface area contributed by atoms with Crippen LogP contribution in [-0.4, -0.2) is 39.8 Å². The molecule has 0 saturated heterocycles. The number of hydrazine groups is 1. The van der Waals surface area contributed by atoms with Gasteiger partial charge in [0.2, 0.25) is 5.82 Å². The first kappa shape index (κ1) is 18.3. The Bertz CT molecular complexity index is 853. The number of aromatic nitrogens is 3. The Labute approximate surface area is 156 Å². The minimum Gasteiger partial charge on any atom is -0.372 e. The molecule has 27 heavy (non-hydrogen) atoms. The van der Waals surface area contributed by atoms with Crippen molar-refractivity contribution in [2.24, 2.45) is 0 Å². The summed E-state index contributed by atoms with van der Waals surface area (Å²) >= 11 is 0. The summed E-state index contributed by atoms with van der Waals surface area (Å²) in [6, 6.07) is 18.8. The molecule has 0 aliphatic rings. The Morgan fingerprint density at radius 2 is 1.67 bits per heavy atom. The molecule has 0 fully saturated rings. The lowest BCUT2D eigenvalue weighted by Gasteiger charge is -2.05. The quantitative estimate of drug-likeness (QED) is 0.648. The van der Waals surface area contributed by atoms with E-state index in [0.717, 1.165) is 11.3 Å². The highest BCUT2D eigenvalue weighted by Gasteiger charge is 2.19. The summed E-state index contributed by atoms with van der Waals surface area (Å²) in [4.78, 5) is 28.3. The number of hydrogen-bond acceptors (Lipinski definition) is 5. The lowest BCUT2D eigenvalue weighted by atomic mass is 10.2. The molecule has 0 spiro atoms. The third-order valence-corrected chi connectivity index (χ3v) is 3.60. The molecular weight excluding hydrogens is 346 g/mol. The number of nitrogens with zero attached hydrogens (tertiary/aromatic N) is 3. The second kappa shape index (κ2) is 8.72. The molecule has 2 amide bonds. The Balaban J connectivity index is 1.86. The second-order valence-corrected chi connectivity index (χ2v) is 5.51. The molecule has 1 aromatic heterocycles. The predicted octanol–water partition coefficient (Wildman–Crippen LogP) is 1.73. The van der Waals surface area contributed by atoms with Crippen molar-refractivity contribution in [1.29, 1.82) is 0 Å². The zero-order valence-corrected chi connectivity index (χ0v) is 14.8. The molecule has 0 saturated carbocycles. The van der Waals surface area contributed by atoms with Crippen molar-refractivity contribution >= 4 is 11.8 Å². The van der Waals surface area contributed by atoms with E-state index in [1.165, 1.54) is 0 Å². The van der Waals surface area contributed by atoms with Crippen LogP contribution in [0.25, 0.3) is 17.1 Å². The molecule has 0 unspecified atom stereocenters. The number of carbonyl (C=O) groups is 2. The van der Waals surface area contributed by atoms with Crippen molar-refractivity contribution in [2.75, 3.05) is 13.2 Å². The summed E-state index contributed by atoms with van der Waals surface area (Å²) < 4.78 is 6.56. The number of rotatable bonds is 6. The molecule has 0 atom stereocenters. The van der Waals surface area contributed by atoms with Gasteiger partial charge in [-0.3, -0.25) is 20.4 Å². The summed E-state index contributed by atoms with van der Waals surface area (Å²) in [6.07, 6.45) is 0. The number of ether oxygens (including phenoxy) is 1. The van der Waals surface area contributed by atoms with Crippen LogP contribution in [0, 0.1) is 0 Å². The Morgan fingerprint density at radius 1 is 1.00 bits per heavy atom. The average Bonchev–Trinajstić information content (AvgIpc) is 3.17. The summed E-state index contributed by atoms with van der Waals surface area (Å²) in [5, 5.41) is 4.31. The molecule has 8 nitrogen and oxygen atoms in total. The first-order valence-corrected chi connectivity index (χ1v) is 8.44. The highest BCUT2D eigenvalue weighted by atomic mass is 16.5. The minimum absolute atomic E-state index is 0.0607. The van der Waals surface area contributed by atoms with Crippen molar-refractivity contribution < 1.29 is 14.3 Å². The number of para-hydroxylation sites is 1. The zero-order valence-electron chi connectivity index (χ0n) is 14.8. The topological polar surface area (TPSA) is 98.1 Å². The maximum absolute atomic E-state index is 12.3. The van der Waals surface area contributed by atoms with Crippen LogP contribution in [0.1, 0.15) is 17.5 Å². The number of hydrogen-bond donors (Lipinski definition) is 2. The van der Waals surface area contributed by atoms with Gasteiger partial charge in [-0.1, -0.05) is 48.5 Å². The summed E-state index contributed by atoms with van der Waals surface area (Å²) in [5.74, 6) is -0.621. The van der Waals surface area contributed by atoms with Crippen LogP contribution in [0.3, 0.4) is 0 Å². The third kappa shape index (κ3) is 4.56. The van der Waals surface area contributed by atoms with E-state index in [1.807, 2.05) is 60.7 Å². The smallest absolute Gasteiger partial charge is 0.309 e. The van der Waals surface area contributed by atoms with Gasteiger partial charge >= 0.3 is 5.91 Å². The van der Waals surface area contributed by atoms with Gasteiger partial charge in [-0.05, 0) is 19.1 Å². The van der Waals surface area contributed by atoms with E-state index >= 15 is 0 Å². The van der Waals surface area contributed by atoms with Crippen LogP contribution in [-0.2, 0) is 9.53 Å². The molecular formula is C19H19N5O3. The molecule has 2 N–H and O–H groups in total. The van der Waals surface area contributed by atoms with Gasteiger partial charge in [-0.25, -0.2) is 9.67 Å². The Hall–Kier alpha value is -3.52. The van der Waals surface area contributed by atoms with Gasteiger partial charge in [-0.2, -0.15) is 0 Å². The van der Waals surface area contributed by atoms with E-state index in [4.69, 9.17) is 4.74 Å². The SMILES string of the molecule is CCOCC(=O)NNC(=O)c1nc(-c2ccccc2)n(-c2ccccc2)n1. The van der Waals surface area contributed by atoms with E-state index in [2.05, 4.69) is 20.9 Å². The van der Waals surface area contributed by atoms with Gasteiger partial charge in [0.25, 0.3) is 5.91 Å². The zero-order chi connectivity index (χ0) is 19.1. The predicted molar refractivity (Wildman–Crippen MR) is 98.9 cm³/mol. The molecule has 0 radical (unpaired) electrons. The molecule has 138 valence electrons. The maximum Gasteiger partial charge on any atom is 0.309 e. The highest BCUT2D eigenvalue weighted by Crippen LogP contribution is 2.20. The number of benzene rings is 2. The highest BCUT2D eigenvalue weighted by molar-refractivity contribution is 5.92. The molecule has 2 aromatic carbocycles. The molecule has 0 aliphatic heterocycles. The van der Waals surface area contributed by atoms with Crippen molar-refractivity contribution in [3.8, 4) is 17.1 Å². The van der Waals surface area contributed by atoms with Gasteiger partial charge in [0.15, 0.2) is 5.82 Å². The van der Waals surface area contributed by atoms with Gasteiger partial charge < -0.3 is 4.74 Å². The number of amides is 2. The second-order valence-electron chi connectivity index (χ2n) is 5.51. The van der Waals surface area contributed by atoms with Crippen LogP contribution in [0.2, 0.25) is 0 Å². The fourth-order valence-corrected chi connectivity index (χ4v) is 2.34. The molecule has 3 rings (SSSR count). The first-order chi connectivity index (χ1) is 13.2. The molecule has 0 bridgehead atoms. The van der Waals surface area contributed by atoms with Crippen LogP contribution in [0.15, 0.2) is 60.7 Å². The van der Waals surface area contributed by atoms with Crippen LogP contribution in [0.4, 0.5) is 0 Å². The summed E-state index contributed by atoms with van der Waals surface area (Å²) in [5.41, 5.74) is 6.15. The lowest BCUT2D eigenvalue weighted by Crippen LogP contribution is -2.43. The largest absolute Gasteiger partial charge is 0.372 e. The van der Waals surface area contributed by atoms with E-state index in [-0.39, 0.29) is 12.4 Å². The van der Waals surface area contributed by atoms with Crippen LogP contribution < -0.4 is 10.9 Å². The minimum atomic E-state index is -0.619. The number of nitrogens with one attached hydrogen (secondary N) is 2. The average molecular weight is 365 g/mol. The van der Waals surface area contributed by atoms with Crippen molar-refractivity contribution in [2.45, 2.75) is 6.92 Å². The third-order valence-electron chi connectivity index (χ3n) is 3.60. The van der Waals surface area contributed by atoms with E-state index in [0.29, 0.717) is 12.4 Å². The first-order valence-electron chi connectivity index (χ1n) is 8.44. The maximum atomic E-state index is 12.3. The van der Waals surface area contributed by atoms with E-state index < -0.39 is 11.8 Å². The Morgan fingerprint density at radius 3 is 2.33 bits per heavy atom. The normalized spacial score (nSPS) is 10.4. The summed E-state index contributed by atoms with van der Waals surface area (Å²) in [7, 11) is 0.